The van der Waals surface area contributed by atoms with Crippen molar-refractivity contribution in [1.29, 1.82) is 0 Å². The van der Waals surface area contributed by atoms with E-state index in [0.717, 1.165) is 0 Å². The normalized spacial score (nSPS) is 11.1. The summed E-state index contributed by atoms with van der Waals surface area (Å²) in [5.74, 6) is 0.432. The zero-order valence-electron chi connectivity index (χ0n) is 10.4. The molecule has 0 radical (unpaired) electrons. The van der Waals surface area contributed by atoms with Crippen LogP contribution in [0.5, 0.6) is 0 Å². The predicted molar refractivity (Wildman–Crippen MR) is 66.3 cm³/mol. The molecule has 17 heavy (non-hydrogen) atoms. The summed E-state index contributed by atoms with van der Waals surface area (Å²) >= 11 is 5.68. The van der Waals surface area contributed by atoms with Gasteiger partial charge in [0.1, 0.15) is 11.4 Å². The number of ether oxygens (including phenoxy) is 1. The summed E-state index contributed by atoms with van der Waals surface area (Å²) in [4.78, 5) is 21.0. The van der Waals surface area contributed by atoms with E-state index in [1.165, 1.54) is 11.1 Å². The van der Waals surface area contributed by atoms with Gasteiger partial charge < -0.3 is 4.74 Å². The van der Waals surface area contributed by atoms with E-state index in [0.29, 0.717) is 12.4 Å². The minimum Gasteiger partial charge on any atom is -0.443 e. The molecule has 1 amide bonds. The molecule has 0 saturated heterocycles. The lowest BCUT2D eigenvalue weighted by molar-refractivity contribution is 0.0581. The number of aromatic nitrogens is 2. The van der Waals surface area contributed by atoms with Crippen molar-refractivity contribution in [2.24, 2.45) is 0 Å². The molecule has 0 aliphatic carbocycles. The van der Waals surface area contributed by atoms with Crippen LogP contribution in [0, 0.1) is 0 Å². The van der Waals surface area contributed by atoms with Crippen LogP contribution in [0.3, 0.4) is 0 Å². The minimum atomic E-state index is -0.540. The third kappa shape index (κ3) is 4.19. The van der Waals surface area contributed by atoms with Crippen molar-refractivity contribution < 1.29 is 9.53 Å². The number of hydrogen-bond donors (Lipinski definition) is 0. The second kappa shape index (κ2) is 5.31. The van der Waals surface area contributed by atoms with Gasteiger partial charge >= 0.3 is 6.09 Å². The Hall–Kier alpha value is -1.36. The van der Waals surface area contributed by atoms with Crippen LogP contribution >= 0.6 is 11.6 Å². The highest BCUT2D eigenvalue weighted by Gasteiger charge is 2.23. The van der Waals surface area contributed by atoms with Crippen LogP contribution < -0.4 is 4.90 Å². The molecule has 0 atom stereocenters. The zero-order valence-corrected chi connectivity index (χ0v) is 11.2. The predicted octanol–water partition coefficient (Wildman–Crippen LogP) is 2.89. The van der Waals surface area contributed by atoms with Crippen LogP contribution in [-0.2, 0) is 4.74 Å². The number of carbonyl (C=O) groups excluding carboxylic acids is 1. The van der Waals surface area contributed by atoms with E-state index in [4.69, 9.17) is 16.3 Å². The molecular formula is C11H16ClN3O2. The van der Waals surface area contributed by atoms with E-state index in [-0.39, 0.29) is 5.28 Å². The van der Waals surface area contributed by atoms with Gasteiger partial charge in [0.15, 0.2) is 0 Å². The largest absolute Gasteiger partial charge is 0.443 e. The van der Waals surface area contributed by atoms with E-state index in [1.807, 2.05) is 27.7 Å². The number of hydrogen-bond acceptors (Lipinski definition) is 4. The van der Waals surface area contributed by atoms with Crippen LogP contribution in [0.15, 0.2) is 12.3 Å². The first kappa shape index (κ1) is 13.7. The lowest BCUT2D eigenvalue weighted by Gasteiger charge is -2.25. The van der Waals surface area contributed by atoms with Gasteiger partial charge in [-0.15, -0.1) is 0 Å². The summed E-state index contributed by atoms with van der Waals surface area (Å²) in [6, 6.07) is 1.61. The molecule has 1 aromatic rings. The molecule has 5 nitrogen and oxygen atoms in total. The van der Waals surface area contributed by atoms with Gasteiger partial charge in [0.25, 0.3) is 0 Å². The Bertz CT molecular complexity index is 404. The van der Waals surface area contributed by atoms with Gasteiger partial charge in [-0.25, -0.2) is 14.8 Å². The smallest absolute Gasteiger partial charge is 0.415 e. The first-order valence-corrected chi connectivity index (χ1v) is 5.70. The SMILES string of the molecule is CCN(C(=O)OC(C)(C)C)c1ccnc(Cl)n1. The van der Waals surface area contributed by atoms with E-state index < -0.39 is 11.7 Å². The summed E-state index contributed by atoms with van der Waals surface area (Å²) in [6.07, 6.45) is 1.05. The molecule has 94 valence electrons. The van der Waals surface area contributed by atoms with Crippen LogP contribution in [0.2, 0.25) is 5.28 Å². The Kier molecular flexibility index (Phi) is 4.28. The molecular weight excluding hydrogens is 242 g/mol. The summed E-state index contributed by atoms with van der Waals surface area (Å²) in [6.45, 7) is 7.71. The highest BCUT2D eigenvalue weighted by molar-refractivity contribution is 6.28. The summed E-state index contributed by atoms with van der Waals surface area (Å²) < 4.78 is 5.27. The number of anilines is 1. The fourth-order valence-electron chi connectivity index (χ4n) is 1.18. The molecule has 1 rings (SSSR count). The van der Waals surface area contributed by atoms with Gasteiger partial charge in [-0.2, -0.15) is 0 Å². The molecule has 6 heteroatoms. The third-order valence-electron chi connectivity index (χ3n) is 1.82. The zero-order chi connectivity index (χ0) is 13.1. The topological polar surface area (TPSA) is 55.3 Å². The Morgan fingerprint density at radius 2 is 2.18 bits per heavy atom. The second-order valence-electron chi connectivity index (χ2n) is 4.41. The Labute approximate surface area is 106 Å². The molecule has 0 N–H and O–H groups in total. The van der Waals surface area contributed by atoms with E-state index in [2.05, 4.69) is 9.97 Å². The third-order valence-corrected chi connectivity index (χ3v) is 2.00. The molecule has 0 saturated carbocycles. The average Bonchev–Trinajstić information content (AvgIpc) is 2.15. The molecule has 1 aromatic heterocycles. The van der Waals surface area contributed by atoms with Gasteiger partial charge in [0.05, 0.1) is 0 Å². The maximum atomic E-state index is 11.9. The fourth-order valence-corrected chi connectivity index (χ4v) is 1.32. The number of nitrogens with zero attached hydrogens (tertiary/aromatic N) is 3. The van der Waals surface area contributed by atoms with E-state index in [1.54, 1.807) is 6.07 Å². The van der Waals surface area contributed by atoms with Gasteiger partial charge in [-0.1, -0.05) is 0 Å². The highest BCUT2D eigenvalue weighted by Crippen LogP contribution is 2.16. The quantitative estimate of drug-likeness (QED) is 0.765. The van der Waals surface area contributed by atoms with Crippen LogP contribution in [0.1, 0.15) is 27.7 Å². The van der Waals surface area contributed by atoms with Crippen LogP contribution in [0.4, 0.5) is 10.6 Å². The molecule has 0 aromatic carbocycles. The lowest BCUT2D eigenvalue weighted by atomic mass is 10.2. The van der Waals surface area contributed by atoms with Crippen LogP contribution in [0.25, 0.3) is 0 Å². The maximum absolute atomic E-state index is 11.9. The standard InChI is InChI=1S/C11H16ClN3O2/c1-5-15(10(16)17-11(2,3)4)8-6-7-13-9(12)14-8/h6-7H,5H2,1-4H3. The first-order chi connectivity index (χ1) is 7.83. The fraction of sp³-hybridized carbons (Fsp3) is 0.545. The van der Waals surface area contributed by atoms with Crippen molar-refractivity contribution in [3.63, 3.8) is 0 Å². The molecule has 0 unspecified atom stereocenters. The monoisotopic (exact) mass is 257 g/mol. The van der Waals surface area contributed by atoms with E-state index in [9.17, 15) is 4.79 Å². The van der Waals surface area contributed by atoms with Crippen molar-refractivity contribution in [3.05, 3.63) is 17.5 Å². The summed E-state index contributed by atoms with van der Waals surface area (Å²) in [7, 11) is 0. The summed E-state index contributed by atoms with van der Waals surface area (Å²) in [5, 5.41) is 0.101. The first-order valence-electron chi connectivity index (χ1n) is 5.32. The maximum Gasteiger partial charge on any atom is 0.415 e. The van der Waals surface area contributed by atoms with Crippen molar-refractivity contribution in [2.45, 2.75) is 33.3 Å². The van der Waals surface area contributed by atoms with Gasteiger partial charge in [-0.3, -0.25) is 4.90 Å². The number of amides is 1. The lowest BCUT2D eigenvalue weighted by Crippen LogP contribution is -2.37. The van der Waals surface area contributed by atoms with Crippen LogP contribution in [-0.4, -0.2) is 28.2 Å². The molecule has 0 aliphatic heterocycles. The minimum absolute atomic E-state index is 0.101. The Morgan fingerprint density at radius 3 is 2.65 bits per heavy atom. The van der Waals surface area contributed by atoms with Crippen molar-refractivity contribution in [3.8, 4) is 0 Å². The molecule has 0 aliphatic rings. The Morgan fingerprint density at radius 1 is 1.53 bits per heavy atom. The van der Waals surface area contributed by atoms with Crippen molar-refractivity contribution in [2.75, 3.05) is 11.4 Å². The van der Waals surface area contributed by atoms with Gasteiger partial charge in [0.2, 0.25) is 5.28 Å². The molecule has 0 fully saturated rings. The molecule has 0 spiro atoms. The Balaban J connectivity index is 2.88. The number of rotatable bonds is 2. The average molecular weight is 258 g/mol. The van der Waals surface area contributed by atoms with Gasteiger partial charge in [-0.05, 0) is 45.4 Å². The van der Waals surface area contributed by atoms with E-state index >= 15 is 0 Å². The second-order valence-corrected chi connectivity index (χ2v) is 4.75. The molecule has 1 heterocycles. The van der Waals surface area contributed by atoms with Crippen molar-refractivity contribution >= 4 is 23.5 Å². The highest BCUT2D eigenvalue weighted by atomic mass is 35.5. The molecule has 0 bridgehead atoms. The van der Waals surface area contributed by atoms with Crippen molar-refractivity contribution in [1.82, 2.24) is 9.97 Å². The summed E-state index contributed by atoms with van der Waals surface area (Å²) in [5.41, 5.74) is -0.540. The van der Waals surface area contributed by atoms with Gasteiger partial charge in [0, 0.05) is 12.7 Å². The number of halogens is 1. The number of carbonyl (C=O) groups is 1.